The van der Waals surface area contributed by atoms with Gasteiger partial charge < -0.3 is 10.1 Å². The molecule has 0 bridgehead atoms. The normalized spacial score (nSPS) is 22.3. The van der Waals surface area contributed by atoms with E-state index in [0.29, 0.717) is 12.1 Å². The second-order valence-corrected chi connectivity index (χ2v) is 5.20. The lowest BCUT2D eigenvalue weighted by atomic mass is 9.94. The van der Waals surface area contributed by atoms with E-state index in [4.69, 9.17) is 4.74 Å². The van der Waals surface area contributed by atoms with Crippen LogP contribution >= 0.6 is 0 Å². The quantitative estimate of drug-likeness (QED) is 0.765. The van der Waals surface area contributed by atoms with E-state index in [1.54, 1.807) is 0 Å². The molecule has 100 valence electrons. The maximum atomic E-state index is 6.10. The SMILES string of the molecule is CCCCCCC1CC(NC)c2ccccc2O1. The summed E-state index contributed by atoms with van der Waals surface area (Å²) in [6.07, 6.45) is 7.94. The number of hydrogen-bond acceptors (Lipinski definition) is 2. The number of fused-ring (bicyclic) bond motifs is 1. The van der Waals surface area contributed by atoms with Crippen LogP contribution in [0.25, 0.3) is 0 Å². The third-order valence-electron chi connectivity index (χ3n) is 3.81. The molecule has 0 fully saturated rings. The Hall–Kier alpha value is -1.02. The summed E-state index contributed by atoms with van der Waals surface area (Å²) in [5.41, 5.74) is 1.31. The van der Waals surface area contributed by atoms with Crippen LogP contribution in [0, 0.1) is 0 Å². The number of unbranched alkanes of at least 4 members (excludes halogenated alkanes) is 3. The van der Waals surface area contributed by atoms with Gasteiger partial charge in [-0.1, -0.05) is 44.4 Å². The number of benzene rings is 1. The molecular weight excluding hydrogens is 222 g/mol. The van der Waals surface area contributed by atoms with Crippen molar-refractivity contribution >= 4 is 0 Å². The van der Waals surface area contributed by atoms with Crippen molar-refractivity contribution in [1.29, 1.82) is 0 Å². The Morgan fingerprint density at radius 1 is 1.22 bits per heavy atom. The summed E-state index contributed by atoms with van der Waals surface area (Å²) >= 11 is 0. The summed E-state index contributed by atoms with van der Waals surface area (Å²) < 4.78 is 6.10. The summed E-state index contributed by atoms with van der Waals surface area (Å²) in [6.45, 7) is 2.25. The maximum Gasteiger partial charge on any atom is 0.124 e. The second kappa shape index (κ2) is 6.79. The molecule has 2 heteroatoms. The van der Waals surface area contributed by atoms with Gasteiger partial charge in [0.2, 0.25) is 0 Å². The minimum absolute atomic E-state index is 0.384. The third kappa shape index (κ3) is 3.26. The Bertz CT molecular complexity index is 364. The van der Waals surface area contributed by atoms with Crippen LogP contribution in [0.2, 0.25) is 0 Å². The molecule has 1 aliphatic heterocycles. The van der Waals surface area contributed by atoms with Crippen molar-refractivity contribution in [3.05, 3.63) is 29.8 Å². The van der Waals surface area contributed by atoms with Gasteiger partial charge in [0.05, 0.1) is 0 Å². The van der Waals surface area contributed by atoms with E-state index in [-0.39, 0.29) is 0 Å². The number of para-hydroxylation sites is 1. The van der Waals surface area contributed by atoms with Gasteiger partial charge in [-0.2, -0.15) is 0 Å². The van der Waals surface area contributed by atoms with Crippen LogP contribution in [0.5, 0.6) is 5.75 Å². The number of nitrogens with one attached hydrogen (secondary N) is 1. The average molecular weight is 247 g/mol. The van der Waals surface area contributed by atoms with Gasteiger partial charge in [0.15, 0.2) is 0 Å². The summed E-state index contributed by atoms with van der Waals surface area (Å²) in [6, 6.07) is 8.87. The van der Waals surface area contributed by atoms with E-state index in [1.807, 2.05) is 7.05 Å². The largest absolute Gasteiger partial charge is 0.490 e. The van der Waals surface area contributed by atoms with Crippen molar-refractivity contribution in [3.8, 4) is 5.75 Å². The smallest absolute Gasteiger partial charge is 0.124 e. The molecule has 0 aromatic heterocycles. The Morgan fingerprint density at radius 2 is 2.06 bits per heavy atom. The molecule has 0 saturated heterocycles. The van der Waals surface area contributed by atoms with E-state index in [2.05, 4.69) is 36.5 Å². The molecule has 1 aromatic carbocycles. The van der Waals surface area contributed by atoms with Crippen molar-refractivity contribution in [2.45, 2.75) is 57.6 Å². The highest BCUT2D eigenvalue weighted by atomic mass is 16.5. The fourth-order valence-corrected chi connectivity index (χ4v) is 2.74. The fourth-order valence-electron chi connectivity index (χ4n) is 2.74. The number of hydrogen-bond donors (Lipinski definition) is 1. The highest BCUT2D eigenvalue weighted by molar-refractivity contribution is 5.37. The van der Waals surface area contributed by atoms with Gasteiger partial charge in [-0.15, -0.1) is 0 Å². The van der Waals surface area contributed by atoms with Crippen LogP contribution in [0.15, 0.2) is 24.3 Å². The summed E-state index contributed by atoms with van der Waals surface area (Å²) in [4.78, 5) is 0. The Balaban J connectivity index is 1.93. The highest BCUT2D eigenvalue weighted by Crippen LogP contribution is 2.35. The molecule has 1 aromatic rings. The fraction of sp³-hybridized carbons (Fsp3) is 0.625. The van der Waals surface area contributed by atoms with E-state index < -0.39 is 0 Å². The van der Waals surface area contributed by atoms with Crippen molar-refractivity contribution in [3.63, 3.8) is 0 Å². The van der Waals surface area contributed by atoms with Gasteiger partial charge in [0.1, 0.15) is 11.9 Å². The van der Waals surface area contributed by atoms with E-state index in [9.17, 15) is 0 Å². The van der Waals surface area contributed by atoms with E-state index in [0.717, 1.165) is 12.2 Å². The lowest BCUT2D eigenvalue weighted by molar-refractivity contribution is 0.140. The minimum atomic E-state index is 0.384. The van der Waals surface area contributed by atoms with Crippen LogP contribution in [-0.2, 0) is 0 Å². The maximum absolute atomic E-state index is 6.10. The lowest BCUT2D eigenvalue weighted by Crippen LogP contribution is -2.31. The van der Waals surface area contributed by atoms with Gasteiger partial charge >= 0.3 is 0 Å². The number of rotatable bonds is 6. The molecule has 2 rings (SSSR count). The molecule has 0 aliphatic carbocycles. The molecule has 0 radical (unpaired) electrons. The first-order valence-electron chi connectivity index (χ1n) is 7.28. The first-order chi connectivity index (χ1) is 8.85. The zero-order valence-electron chi connectivity index (χ0n) is 11.6. The highest BCUT2D eigenvalue weighted by Gasteiger charge is 2.26. The number of ether oxygens (including phenoxy) is 1. The van der Waals surface area contributed by atoms with Crippen molar-refractivity contribution in [2.75, 3.05) is 7.05 Å². The molecule has 2 atom stereocenters. The second-order valence-electron chi connectivity index (χ2n) is 5.20. The molecular formula is C16H25NO. The Labute approximate surface area is 111 Å². The van der Waals surface area contributed by atoms with Crippen LogP contribution in [0.4, 0.5) is 0 Å². The molecule has 18 heavy (non-hydrogen) atoms. The Kier molecular flexibility index (Phi) is 5.06. The van der Waals surface area contributed by atoms with Crippen molar-refractivity contribution in [1.82, 2.24) is 5.32 Å². The minimum Gasteiger partial charge on any atom is -0.490 e. The summed E-state index contributed by atoms with van der Waals surface area (Å²) in [7, 11) is 2.04. The Morgan fingerprint density at radius 3 is 2.83 bits per heavy atom. The molecule has 2 nitrogen and oxygen atoms in total. The lowest BCUT2D eigenvalue weighted by Gasteiger charge is -2.32. The van der Waals surface area contributed by atoms with Gasteiger partial charge in [-0.25, -0.2) is 0 Å². The topological polar surface area (TPSA) is 21.3 Å². The predicted octanol–water partition coefficient (Wildman–Crippen LogP) is 4.07. The van der Waals surface area contributed by atoms with Gasteiger partial charge in [0, 0.05) is 18.0 Å². The van der Waals surface area contributed by atoms with Crippen molar-refractivity contribution in [2.24, 2.45) is 0 Å². The molecule has 1 aliphatic rings. The van der Waals surface area contributed by atoms with Crippen LogP contribution in [0.1, 0.15) is 57.1 Å². The monoisotopic (exact) mass is 247 g/mol. The predicted molar refractivity (Wildman–Crippen MR) is 76.0 cm³/mol. The van der Waals surface area contributed by atoms with Gasteiger partial charge in [-0.05, 0) is 26.0 Å². The first-order valence-corrected chi connectivity index (χ1v) is 7.28. The molecule has 0 spiro atoms. The summed E-state index contributed by atoms with van der Waals surface area (Å²) in [5, 5.41) is 3.41. The van der Waals surface area contributed by atoms with Gasteiger partial charge in [-0.3, -0.25) is 0 Å². The third-order valence-corrected chi connectivity index (χ3v) is 3.81. The molecule has 0 amide bonds. The average Bonchev–Trinajstić information content (AvgIpc) is 2.42. The zero-order valence-corrected chi connectivity index (χ0v) is 11.6. The van der Waals surface area contributed by atoms with Crippen LogP contribution < -0.4 is 10.1 Å². The van der Waals surface area contributed by atoms with E-state index >= 15 is 0 Å². The summed E-state index contributed by atoms with van der Waals surface area (Å²) in [5.74, 6) is 1.07. The van der Waals surface area contributed by atoms with Gasteiger partial charge in [0.25, 0.3) is 0 Å². The molecule has 0 saturated carbocycles. The van der Waals surface area contributed by atoms with Crippen molar-refractivity contribution < 1.29 is 4.74 Å². The first kappa shape index (κ1) is 13.4. The molecule has 1 heterocycles. The molecule has 1 N–H and O–H groups in total. The molecule has 2 unspecified atom stereocenters. The van der Waals surface area contributed by atoms with E-state index in [1.165, 1.54) is 37.7 Å². The van der Waals surface area contributed by atoms with Crippen LogP contribution in [-0.4, -0.2) is 13.2 Å². The standard InChI is InChI=1S/C16H25NO/c1-3-4-5-6-9-13-12-15(17-2)14-10-7-8-11-16(14)18-13/h7-8,10-11,13,15,17H,3-6,9,12H2,1-2H3. The van der Waals surface area contributed by atoms with Crippen LogP contribution in [0.3, 0.4) is 0 Å². The zero-order chi connectivity index (χ0) is 12.8.